The van der Waals surface area contributed by atoms with E-state index in [9.17, 15) is 4.79 Å². The van der Waals surface area contributed by atoms with Crippen LogP contribution in [0.15, 0.2) is 41.9 Å². The van der Waals surface area contributed by atoms with Gasteiger partial charge in [0.2, 0.25) is 0 Å². The molecule has 0 radical (unpaired) electrons. The highest BCUT2D eigenvalue weighted by Crippen LogP contribution is 2.24. The van der Waals surface area contributed by atoms with Crippen molar-refractivity contribution in [2.24, 2.45) is 0 Å². The van der Waals surface area contributed by atoms with Gasteiger partial charge < -0.3 is 0 Å². The number of thiazole rings is 1. The largest absolute Gasteiger partial charge is 0.297 e. The lowest BCUT2D eigenvalue weighted by Gasteiger charge is -2.02. The number of nitrogens with zero attached hydrogens (tertiary/aromatic N) is 1. The summed E-state index contributed by atoms with van der Waals surface area (Å²) in [5, 5.41) is 6.09. The van der Waals surface area contributed by atoms with Crippen molar-refractivity contribution in [2.45, 2.75) is 13.3 Å². The number of hydrogen-bond acceptors (Lipinski definition) is 4. The summed E-state index contributed by atoms with van der Waals surface area (Å²) >= 11 is 9.04. The highest BCUT2D eigenvalue weighted by molar-refractivity contribution is 7.16. The Morgan fingerprint density at radius 3 is 2.95 bits per heavy atom. The second-order valence-electron chi connectivity index (χ2n) is 4.82. The molecule has 0 aliphatic carbocycles. The molecule has 0 atom stereocenters. The van der Waals surface area contributed by atoms with Crippen LogP contribution in [0.1, 0.15) is 25.7 Å². The maximum atomic E-state index is 12.0. The molecule has 0 spiro atoms. The number of aryl methyl sites for hydroxylation is 1. The third-order valence-electron chi connectivity index (χ3n) is 3.13. The zero-order valence-electron chi connectivity index (χ0n) is 11.8. The summed E-state index contributed by atoms with van der Waals surface area (Å²) in [4.78, 5) is 18.0. The Bertz CT molecular complexity index is 796. The van der Waals surface area contributed by atoms with Crippen LogP contribution in [0.25, 0.3) is 0 Å². The number of hydrogen-bond donors (Lipinski definition) is 1. The fourth-order valence-corrected chi connectivity index (χ4v) is 3.62. The number of nitrogens with one attached hydrogen (secondary N) is 1. The number of carbonyl (C=O) groups is 1. The second kappa shape index (κ2) is 6.60. The fraction of sp³-hybridized carbons (Fsp3) is 0.125. The van der Waals surface area contributed by atoms with Crippen LogP contribution in [0.5, 0.6) is 0 Å². The van der Waals surface area contributed by atoms with Crippen molar-refractivity contribution in [1.82, 2.24) is 4.98 Å². The van der Waals surface area contributed by atoms with Crippen LogP contribution in [-0.4, -0.2) is 10.9 Å². The van der Waals surface area contributed by atoms with E-state index < -0.39 is 0 Å². The molecule has 112 valence electrons. The zero-order valence-corrected chi connectivity index (χ0v) is 14.2. The van der Waals surface area contributed by atoms with Crippen LogP contribution < -0.4 is 5.32 Å². The zero-order chi connectivity index (χ0) is 15.5. The average molecular weight is 349 g/mol. The standard InChI is InChI=1S/C16H13ClN2OS2/c1-10-4-5-11(8-13(10)17)7-12-9-18-16(22-12)19-15(20)14-3-2-6-21-14/h2-6,8-9H,7H2,1H3,(H,18,19,20). The van der Waals surface area contributed by atoms with Gasteiger partial charge in [-0.2, -0.15) is 0 Å². The lowest BCUT2D eigenvalue weighted by molar-refractivity contribution is 0.103. The van der Waals surface area contributed by atoms with Crippen LogP contribution in [0, 0.1) is 6.92 Å². The van der Waals surface area contributed by atoms with Crippen molar-refractivity contribution in [2.75, 3.05) is 5.32 Å². The first kappa shape index (κ1) is 15.2. The van der Waals surface area contributed by atoms with E-state index in [1.807, 2.05) is 30.5 Å². The predicted octanol–water partition coefficient (Wildman–Crippen LogP) is 5.01. The topological polar surface area (TPSA) is 42.0 Å². The Kier molecular flexibility index (Phi) is 4.57. The summed E-state index contributed by atoms with van der Waals surface area (Å²) in [6.45, 7) is 1.98. The highest BCUT2D eigenvalue weighted by atomic mass is 35.5. The Morgan fingerprint density at radius 2 is 2.23 bits per heavy atom. The van der Waals surface area contributed by atoms with Crippen LogP contribution in [-0.2, 0) is 6.42 Å². The van der Waals surface area contributed by atoms with Crippen molar-refractivity contribution in [3.8, 4) is 0 Å². The van der Waals surface area contributed by atoms with Gasteiger partial charge in [0.05, 0.1) is 4.88 Å². The van der Waals surface area contributed by atoms with Crippen LogP contribution in [0.2, 0.25) is 5.02 Å². The highest BCUT2D eigenvalue weighted by Gasteiger charge is 2.10. The van der Waals surface area contributed by atoms with Gasteiger partial charge in [0.15, 0.2) is 5.13 Å². The molecule has 2 heterocycles. The van der Waals surface area contributed by atoms with Crippen molar-refractivity contribution >= 4 is 45.3 Å². The molecular weight excluding hydrogens is 336 g/mol. The summed E-state index contributed by atoms with van der Waals surface area (Å²) < 4.78 is 0. The molecule has 1 N–H and O–H groups in total. The quantitative estimate of drug-likeness (QED) is 0.720. The summed E-state index contributed by atoms with van der Waals surface area (Å²) in [6.07, 6.45) is 2.55. The summed E-state index contributed by atoms with van der Waals surface area (Å²) in [7, 11) is 0. The molecule has 1 amide bonds. The summed E-state index contributed by atoms with van der Waals surface area (Å²) in [5.74, 6) is -0.116. The van der Waals surface area contributed by atoms with Gasteiger partial charge in [-0.3, -0.25) is 10.1 Å². The maximum Gasteiger partial charge on any atom is 0.267 e. The Hall–Kier alpha value is -1.69. The molecule has 1 aromatic carbocycles. The lowest BCUT2D eigenvalue weighted by atomic mass is 10.1. The molecule has 0 aliphatic rings. The normalized spacial score (nSPS) is 10.6. The summed E-state index contributed by atoms with van der Waals surface area (Å²) in [5.41, 5.74) is 2.20. The molecule has 22 heavy (non-hydrogen) atoms. The monoisotopic (exact) mass is 348 g/mol. The maximum absolute atomic E-state index is 12.0. The SMILES string of the molecule is Cc1ccc(Cc2cnc(NC(=O)c3cccs3)s2)cc1Cl. The van der Waals surface area contributed by atoms with E-state index in [-0.39, 0.29) is 5.91 Å². The van der Waals surface area contributed by atoms with Gasteiger partial charge in [-0.25, -0.2) is 4.98 Å². The van der Waals surface area contributed by atoms with Gasteiger partial charge >= 0.3 is 0 Å². The third kappa shape index (κ3) is 3.55. The molecule has 3 aromatic rings. The van der Waals surface area contributed by atoms with E-state index in [1.165, 1.54) is 22.7 Å². The van der Waals surface area contributed by atoms with Gasteiger partial charge in [-0.15, -0.1) is 22.7 Å². The van der Waals surface area contributed by atoms with Gasteiger partial charge in [-0.1, -0.05) is 29.8 Å². The Morgan fingerprint density at radius 1 is 1.36 bits per heavy atom. The van der Waals surface area contributed by atoms with Gasteiger partial charge in [0.25, 0.3) is 5.91 Å². The third-order valence-corrected chi connectivity index (χ3v) is 5.32. The van der Waals surface area contributed by atoms with E-state index in [1.54, 1.807) is 12.3 Å². The first-order valence-electron chi connectivity index (χ1n) is 6.66. The van der Waals surface area contributed by atoms with E-state index in [0.29, 0.717) is 10.0 Å². The smallest absolute Gasteiger partial charge is 0.267 e. The number of thiophene rings is 1. The number of benzene rings is 1. The number of amides is 1. The van der Waals surface area contributed by atoms with Crippen LogP contribution in [0.4, 0.5) is 5.13 Å². The molecule has 0 fully saturated rings. The molecule has 2 aromatic heterocycles. The van der Waals surface area contributed by atoms with Crippen molar-refractivity contribution in [1.29, 1.82) is 0 Å². The first-order chi connectivity index (χ1) is 10.6. The lowest BCUT2D eigenvalue weighted by Crippen LogP contribution is -2.09. The average Bonchev–Trinajstić information content (AvgIpc) is 3.15. The first-order valence-corrected chi connectivity index (χ1v) is 8.74. The van der Waals surface area contributed by atoms with E-state index >= 15 is 0 Å². The number of halogens is 1. The van der Waals surface area contributed by atoms with Crippen molar-refractivity contribution in [3.05, 3.63) is 67.8 Å². The number of aromatic nitrogens is 1. The molecule has 6 heteroatoms. The van der Waals surface area contributed by atoms with Crippen molar-refractivity contribution < 1.29 is 4.79 Å². The molecule has 0 unspecified atom stereocenters. The van der Waals surface area contributed by atoms with Crippen LogP contribution in [0.3, 0.4) is 0 Å². The Labute approximate surface area is 141 Å². The molecule has 3 rings (SSSR count). The number of rotatable bonds is 4. The molecule has 3 nitrogen and oxygen atoms in total. The van der Waals surface area contributed by atoms with E-state index in [2.05, 4.69) is 16.4 Å². The fourth-order valence-electron chi connectivity index (χ4n) is 1.96. The molecule has 0 saturated heterocycles. The second-order valence-corrected chi connectivity index (χ2v) is 7.29. The predicted molar refractivity (Wildman–Crippen MR) is 93.4 cm³/mol. The Balaban J connectivity index is 1.68. The number of anilines is 1. The van der Waals surface area contributed by atoms with E-state index in [0.717, 1.165) is 27.4 Å². The molecule has 0 aliphatic heterocycles. The van der Waals surface area contributed by atoms with Gasteiger partial charge in [0.1, 0.15) is 0 Å². The minimum Gasteiger partial charge on any atom is -0.297 e. The molecule has 0 saturated carbocycles. The van der Waals surface area contributed by atoms with Crippen molar-refractivity contribution in [3.63, 3.8) is 0 Å². The minimum absolute atomic E-state index is 0.116. The van der Waals surface area contributed by atoms with E-state index in [4.69, 9.17) is 11.6 Å². The molecular formula is C16H13ClN2OS2. The number of carbonyl (C=O) groups excluding carboxylic acids is 1. The molecule has 0 bridgehead atoms. The van der Waals surface area contributed by atoms with Gasteiger partial charge in [-0.05, 0) is 35.6 Å². The summed E-state index contributed by atoms with van der Waals surface area (Å²) in [6, 6.07) is 9.69. The van der Waals surface area contributed by atoms with Gasteiger partial charge in [0, 0.05) is 22.5 Å². The minimum atomic E-state index is -0.116. The van der Waals surface area contributed by atoms with Crippen LogP contribution >= 0.6 is 34.3 Å².